The summed E-state index contributed by atoms with van der Waals surface area (Å²) in [5.41, 5.74) is 1.65. The van der Waals surface area contributed by atoms with Crippen LogP contribution in [0.2, 0.25) is 5.02 Å². The number of hydrogen-bond acceptors (Lipinski definition) is 3. The largest absolute Gasteiger partial charge is 0.416 e. The van der Waals surface area contributed by atoms with Gasteiger partial charge in [-0.1, -0.05) is 35.9 Å². The predicted molar refractivity (Wildman–Crippen MR) is 104 cm³/mol. The first-order chi connectivity index (χ1) is 13.3. The Bertz CT molecular complexity index is 937. The van der Waals surface area contributed by atoms with E-state index in [0.717, 1.165) is 28.3 Å². The van der Waals surface area contributed by atoms with E-state index in [-0.39, 0.29) is 12.3 Å². The summed E-state index contributed by atoms with van der Waals surface area (Å²) in [5, 5.41) is 6.06. The topological polar surface area (TPSA) is 42.0 Å². The maximum absolute atomic E-state index is 12.5. The predicted octanol–water partition coefficient (Wildman–Crippen LogP) is 5.38. The second-order valence-corrected chi connectivity index (χ2v) is 7.42. The Kier molecular flexibility index (Phi) is 6.36. The molecule has 0 spiro atoms. The molecule has 28 heavy (non-hydrogen) atoms. The van der Waals surface area contributed by atoms with Crippen LogP contribution >= 0.6 is 22.9 Å². The second kappa shape index (κ2) is 8.75. The Hall–Kier alpha value is -2.38. The molecule has 1 heterocycles. The van der Waals surface area contributed by atoms with Gasteiger partial charge in [0.05, 0.1) is 17.7 Å². The second-order valence-electron chi connectivity index (χ2n) is 6.12. The van der Waals surface area contributed by atoms with E-state index < -0.39 is 11.7 Å². The van der Waals surface area contributed by atoms with Crippen LogP contribution in [0.25, 0.3) is 10.6 Å². The van der Waals surface area contributed by atoms with Crippen molar-refractivity contribution < 1.29 is 18.0 Å². The Balaban J connectivity index is 1.48. The molecule has 1 aromatic heterocycles. The zero-order valence-electron chi connectivity index (χ0n) is 14.6. The van der Waals surface area contributed by atoms with Crippen LogP contribution in [0.5, 0.6) is 0 Å². The summed E-state index contributed by atoms with van der Waals surface area (Å²) in [7, 11) is 0. The van der Waals surface area contributed by atoms with Crippen molar-refractivity contribution in [2.75, 3.05) is 6.54 Å². The first-order valence-corrected chi connectivity index (χ1v) is 9.70. The zero-order chi connectivity index (χ0) is 20.1. The SMILES string of the molecule is O=C(Cc1csc(-c2ccc(Cl)cc2)n1)NCCc1ccc(C(F)(F)F)cc1. The number of carbonyl (C=O) groups is 1. The first-order valence-electron chi connectivity index (χ1n) is 8.44. The minimum Gasteiger partial charge on any atom is -0.355 e. The van der Waals surface area contributed by atoms with Crippen LogP contribution in [-0.2, 0) is 23.8 Å². The van der Waals surface area contributed by atoms with Gasteiger partial charge in [0.25, 0.3) is 0 Å². The Labute approximate surface area is 169 Å². The van der Waals surface area contributed by atoms with Crippen molar-refractivity contribution in [1.29, 1.82) is 0 Å². The van der Waals surface area contributed by atoms with Crippen molar-refractivity contribution in [3.05, 3.63) is 75.8 Å². The highest BCUT2D eigenvalue weighted by Gasteiger charge is 2.29. The van der Waals surface area contributed by atoms with Crippen molar-refractivity contribution in [3.63, 3.8) is 0 Å². The number of alkyl halides is 3. The van der Waals surface area contributed by atoms with Crippen molar-refractivity contribution >= 4 is 28.8 Å². The van der Waals surface area contributed by atoms with Crippen molar-refractivity contribution in [1.82, 2.24) is 10.3 Å². The number of nitrogens with one attached hydrogen (secondary N) is 1. The zero-order valence-corrected chi connectivity index (χ0v) is 16.2. The summed E-state index contributed by atoms with van der Waals surface area (Å²) in [6.07, 6.45) is -3.74. The smallest absolute Gasteiger partial charge is 0.355 e. The highest BCUT2D eigenvalue weighted by molar-refractivity contribution is 7.13. The lowest BCUT2D eigenvalue weighted by Crippen LogP contribution is -2.27. The average molecular weight is 425 g/mol. The van der Waals surface area contributed by atoms with Gasteiger partial charge in [-0.2, -0.15) is 13.2 Å². The number of benzene rings is 2. The number of amides is 1. The minimum absolute atomic E-state index is 0.150. The Morgan fingerprint density at radius 1 is 1.07 bits per heavy atom. The van der Waals surface area contributed by atoms with Crippen LogP contribution in [0.4, 0.5) is 13.2 Å². The normalized spacial score (nSPS) is 11.4. The third-order valence-corrected chi connectivity index (χ3v) is 5.19. The third-order valence-electron chi connectivity index (χ3n) is 4.00. The molecule has 8 heteroatoms. The molecule has 3 aromatic rings. The van der Waals surface area contributed by atoms with Crippen molar-refractivity contribution in [3.8, 4) is 10.6 Å². The molecule has 1 N–H and O–H groups in total. The fraction of sp³-hybridized carbons (Fsp3) is 0.200. The minimum atomic E-state index is -4.34. The third kappa shape index (κ3) is 5.56. The van der Waals surface area contributed by atoms with E-state index in [1.807, 2.05) is 17.5 Å². The summed E-state index contributed by atoms with van der Waals surface area (Å²) in [6, 6.07) is 12.2. The van der Waals surface area contributed by atoms with Crippen LogP contribution in [-0.4, -0.2) is 17.4 Å². The van der Waals surface area contributed by atoms with Gasteiger partial charge in [-0.25, -0.2) is 4.98 Å². The summed E-state index contributed by atoms with van der Waals surface area (Å²) in [5.74, 6) is -0.181. The van der Waals surface area contributed by atoms with Crippen molar-refractivity contribution in [2.24, 2.45) is 0 Å². The Morgan fingerprint density at radius 3 is 2.39 bits per heavy atom. The molecule has 0 bridgehead atoms. The molecule has 0 unspecified atom stereocenters. The summed E-state index contributed by atoms with van der Waals surface area (Å²) in [6.45, 7) is 0.346. The van der Waals surface area contributed by atoms with E-state index in [9.17, 15) is 18.0 Å². The summed E-state index contributed by atoms with van der Waals surface area (Å²) in [4.78, 5) is 16.5. The maximum Gasteiger partial charge on any atom is 0.416 e. The van der Waals surface area contributed by atoms with E-state index in [4.69, 9.17) is 11.6 Å². The molecule has 0 saturated carbocycles. The van der Waals surface area contributed by atoms with Crippen LogP contribution in [0.3, 0.4) is 0 Å². The van der Waals surface area contributed by atoms with E-state index >= 15 is 0 Å². The molecule has 1 amide bonds. The molecule has 0 fully saturated rings. The van der Waals surface area contributed by atoms with E-state index in [1.165, 1.54) is 23.5 Å². The van der Waals surface area contributed by atoms with Gasteiger partial charge in [0.15, 0.2) is 0 Å². The molecular formula is C20H16ClF3N2OS. The van der Waals surface area contributed by atoms with E-state index in [1.54, 1.807) is 12.1 Å². The quantitative estimate of drug-likeness (QED) is 0.577. The number of nitrogens with zero attached hydrogens (tertiary/aromatic N) is 1. The van der Waals surface area contributed by atoms with Crippen LogP contribution in [0.15, 0.2) is 53.9 Å². The molecule has 3 rings (SSSR count). The number of carbonyl (C=O) groups excluding carboxylic acids is 1. The fourth-order valence-electron chi connectivity index (χ4n) is 2.55. The maximum atomic E-state index is 12.5. The lowest BCUT2D eigenvalue weighted by atomic mass is 10.1. The number of aromatic nitrogens is 1. The molecule has 3 nitrogen and oxygen atoms in total. The molecule has 0 saturated heterocycles. The van der Waals surface area contributed by atoms with Crippen LogP contribution < -0.4 is 5.32 Å². The average Bonchev–Trinajstić information content (AvgIpc) is 3.10. The number of thiazole rings is 1. The molecule has 146 valence electrons. The van der Waals surface area contributed by atoms with Gasteiger partial charge in [-0.15, -0.1) is 11.3 Å². The number of rotatable bonds is 6. The first kappa shape index (κ1) is 20.4. The van der Waals surface area contributed by atoms with Gasteiger partial charge < -0.3 is 5.32 Å². The highest BCUT2D eigenvalue weighted by atomic mass is 35.5. The van der Waals surface area contributed by atoms with Gasteiger partial charge in [0, 0.05) is 22.5 Å². The molecule has 0 aliphatic heterocycles. The highest BCUT2D eigenvalue weighted by Crippen LogP contribution is 2.29. The monoisotopic (exact) mass is 424 g/mol. The molecule has 0 atom stereocenters. The van der Waals surface area contributed by atoms with Gasteiger partial charge in [0.1, 0.15) is 5.01 Å². The summed E-state index contributed by atoms with van der Waals surface area (Å²) >= 11 is 7.32. The van der Waals surface area contributed by atoms with E-state index in [2.05, 4.69) is 10.3 Å². The van der Waals surface area contributed by atoms with E-state index in [0.29, 0.717) is 23.7 Å². The number of halogens is 4. The molecule has 0 aliphatic rings. The fourth-order valence-corrected chi connectivity index (χ4v) is 3.50. The van der Waals surface area contributed by atoms with Gasteiger partial charge >= 0.3 is 6.18 Å². The molecule has 2 aromatic carbocycles. The van der Waals surface area contributed by atoms with Crippen molar-refractivity contribution in [2.45, 2.75) is 19.0 Å². The Morgan fingerprint density at radius 2 is 1.75 bits per heavy atom. The lowest BCUT2D eigenvalue weighted by Gasteiger charge is -2.08. The van der Waals surface area contributed by atoms with Gasteiger partial charge in [0.2, 0.25) is 5.91 Å². The van der Waals surface area contributed by atoms with Crippen LogP contribution in [0.1, 0.15) is 16.8 Å². The summed E-state index contributed by atoms with van der Waals surface area (Å²) < 4.78 is 37.6. The molecule has 0 aliphatic carbocycles. The lowest BCUT2D eigenvalue weighted by molar-refractivity contribution is -0.137. The standard InChI is InChI=1S/C20H16ClF3N2OS/c21-16-7-3-14(4-8-16)19-26-17(12-28-19)11-18(27)25-10-9-13-1-5-15(6-2-13)20(22,23)24/h1-8,12H,9-11H2,(H,25,27). The molecular weight excluding hydrogens is 409 g/mol. The number of hydrogen-bond donors (Lipinski definition) is 1. The molecule has 0 radical (unpaired) electrons. The van der Waals surface area contributed by atoms with Gasteiger partial charge in [-0.05, 0) is 36.2 Å². The van der Waals surface area contributed by atoms with Crippen LogP contribution in [0, 0.1) is 0 Å². The van der Waals surface area contributed by atoms with Gasteiger partial charge in [-0.3, -0.25) is 4.79 Å².